The van der Waals surface area contributed by atoms with Crippen LogP contribution in [0.25, 0.3) is 0 Å². The molecule has 0 spiro atoms. The van der Waals surface area contributed by atoms with Crippen molar-refractivity contribution in [2.45, 2.75) is 6.04 Å². The largest absolute Gasteiger partial charge is 0.318 e. The molecule has 3 nitrogen and oxygen atoms in total. The van der Waals surface area contributed by atoms with Crippen LogP contribution in [0.3, 0.4) is 0 Å². The minimum absolute atomic E-state index is 0.503. The zero-order valence-electron chi connectivity index (χ0n) is 5.85. The highest BCUT2D eigenvalue weighted by Gasteiger charge is 2.10. The smallest absolute Gasteiger partial charge is 0.0495 e. The van der Waals surface area contributed by atoms with E-state index in [1.54, 1.807) is 0 Å². The standard InChI is InChI=1S/C6H14N3/c1-7-4-6-5-8-2-3-9-6/h6-8H,2-5H2,1H3. The fourth-order valence-electron chi connectivity index (χ4n) is 1.03. The third kappa shape index (κ3) is 2.30. The Morgan fingerprint density at radius 1 is 1.78 bits per heavy atom. The highest BCUT2D eigenvalue weighted by atomic mass is 15.1. The Balaban J connectivity index is 2.08. The van der Waals surface area contributed by atoms with E-state index in [-0.39, 0.29) is 0 Å². The van der Waals surface area contributed by atoms with E-state index in [1.807, 2.05) is 7.05 Å². The zero-order chi connectivity index (χ0) is 6.53. The second-order valence-corrected chi connectivity index (χ2v) is 2.32. The lowest BCUT2D eigenvalue weighted by Crippen LogP contribution is -2.48. The topological polar surface area (TPSA) is 38.2 Å². The van der Waals surface area contributed by atoms with E-state index in [9.17, 15) is 0 Å². The third-order valence-electron chi connectivity index (χ3n) is 1.50. The van der Waals surface area contributed by atoms with E-state index in [4.69, 9.17) is 0 Å². The number of piperazine rings is 1. The van der Waals surface area contributed by atoms with Gasteiger partial charge in [-0.25, -0.2) is 5.32 Å². The number of likely N-dealkylation sites (N-methyl/N-ethyl adjacent to an activating group) is 1. The lowest BCUT2D eigenvalue weighted by atomic mass is 10.2. The highest BCUT2D eigenvalue weighted by molar-refractivity contribution is 4.75. The van der Waals surface area contributed by atoms with Gasteiger partial charge in [0.2, 0.25) is 0 Å². The molecule has 1 radical (unpaired) electrons. The molecule has 0 aromatic rings. The molecular formula is C6H14N3. The Morgan fingerprint density at radius 2 is 2.67 bits per heavy atom. The third-order valence-corrected chi connectivity index (χ3v) is 1.50. The van der Waals surface area contributed by atoms with Crippen LogP contribution >= 0.6 is 0 Å². The van der Waals surface area contributed by atoms with Crippen molar-refractivity contribution in [1.29, 1.82) is 0 Å². The van der Waals surface area contributed by atoms with Gasteiger partial charge in [-0.15, -0.1) is 0 Å². The molecular weight excluding hydrogens is 114 g/mol. The van der Waals surface area contributed by atoms with E-state index in [0.29, 0.717) is 6.04 Å². The molecule has 0 aromatic carbocycles. The number of hydrogen-bond donors (Lipinski definition) is 2. The summed E-state index contributed by atoms with van der Waals surface area (Å²) in [6.07, 6.45) is 0. The lowest BCUT2D eigenvalue weighted by Gasteiger charge is -2.21. The minimum Gasteiger partial charge on any atom is -0.318 e. The minimum atomic E-state index is 0.503. The Labute approximate surface area is 56.2 Å². The monoisotopic (exact) mass is 128 g/mol. The number of nitrogens with one attached hydrogen (secondary N) is 2. The predicted octanol–water partition coefficient (Wildman–Crippen LogP) is -1.22. The summed E-state index contributed by atoms with van der Waals surface area (Å²) in [5.41, 5.74) is 0. The molecule has 0 aromatic heterocycles. The number of rotatable bonds is 2. The fourth-order valence-corrected chi connectivity index (χ4v) is 1.03. The summed E-state index contributed by atoms with van der Waals surface area (Å²) in [4.78, 5) is 0. The van der Waals surface area contributed by atoms with Crippen molar-refractivity contribution < 1.29 is 0 Å². The Hall–Kier alpha value is -0.120. The molecule has 1 heterocycles. The van der Waals surface area contributed by atoms with Gasteiger partial charge in [-0.05, 0) is 7.05 Å². The molecule has 3 heteroatoms. The zero-order valence-corrected chi connectivity index (χ0v) is 5.85. The molecule has 1 rings (SSSR count). The molecule has 1 atom stereocenters. The maximum absolute atomic E-state index is 4.39. The Morgan fingerprint density at radius 3 is 3.22 bits per heavy atom. The van der Waals surface area contributed by atoms with Crippen LogP contribution in [0.2, 0.25) is 0 Å². The van der Waals surface area contributed by atoms with E-state index < -0.39 is 0 Å². The van der Waals surface area contributed by atoms with Crippen LogP contribution in [0.15, 0.2) is 0 Å². The molecule has 1 unspecified atom stereocenters. The van der Waals surface area contributed by atoms with Crippen molar-refractivity contribution in [3.05, 3.63) is 0 Å². The summed E-state index contributed by atoms with van der Waals surface area (Å²) in [5, 5.41) is 10.8. The maximum atomic E-state index is 4.39. The SMILES string of the molecule is CNCC1CNCC[N]1. The van der Waals surface area contributed by atoms with Crippen molar-refractivity contribution >= 4 is 0 Å². The molecule has 0 amide bonds. The first kappa shape index (κ1) is 6.99. The van der Waals surface area contributed by atoms with Crippen molar-refractivity contribution in [3.8, 4) is 0 Å². The van der Waals surface area contributed by atoms with Gasteiger partial charge in [-0.2, -0.15) is 0 Å². The summed E-state index contributed by atoms with van der Waals surface area (Å²) in [6, 6.07) is 0.503. The van der Waals surface area contributed by atoms with E-state index in [1.165, 1.54) is 0 Å². The molecule has 0 saturated carbocycles. The molecule has 0 aliphatic carbocycles. The van der Waals surface area contributed by atoms with Crippen LogP contribution in [0.5, 0.6) is 0 Å². The second-order valence-electron chi connectivity index (χ2n) is 2.32. The first-order chi connectivity index (χ1) is 4.43. The van der Waals surface area contributed by atoms with Crippen LogP contribution in [0.4, 0.5) is 0 Å². The van der Waals surface area contributed by atoms with Crippen molar-refractivity contribution in [2.24, 2.45) is 0 Å². The van der Waals surface area contributed by atoms with Gasteiger partial charge in [0.05, 0.1) is 0 Å². The summed E-state index contributed by atoms with van der Waals surface area (Å²) in [6.45, 7) is 4.08. The average Bonchev–Trinajstić information content (AvgIpc) is 1.91. The number of hydrogen-bond acceptors (Lipinski definition) is 2. The summed E-state index contributed by atoms with van der Waals surface area (Å²) >= 11 is 0. The molecule has 2 N–H and O–H groups in total. The van der Waals surface area contributed by atoms with Gasteiger partial charge in [-0.3, -0.25) is 0 Å². The quantitative estimate of drug-likeness (QED) is 0.489. The predicted molar refractivity (Wildman–Crippen MR) is 37.6 cm³/mol. The Bertz CT molecular complexity index is 65.9. The van der Waals surface area contributed by atoms with Crippen LogP contribution in [0.1, 0.15) is 0 Å². The van der Waals surface area contributed by atoms with Crippen LogP contribution < -0.4 is 16.0 Å². The summed E-state index contributed by atoms with van der Waals surface area (Å²) < 4.78 is 0. The average molecular weight is 128 g/mol. The first-order valence-corrected chi connectivity index (χ1v) is 3.45. The van der Waals surface area contributed by atoms with Gasteiger partial charge in [-0.1, -0.05) is 0 Å². The maximum Gasteiger partial charge on any atom is 0.0495 e. The lowest BCUT2D eigenvalue weighted by molar-refractivity contribution is 0.400. The second kappa shape index (κ2) is 3.82. The van der Waals surface area contributed by atoms with Gasteiger partial charge < -0.3 is 10.6 Å². The molecule has 9 heavy (non-hydrogen) atoms. The van der Waals surface area contributed by atoms with Gasteiger partial charge in [0.15, 0.2) is 0 Å². The van der Waals surface area contributed by atoms with Crippen molar-refractivity contribution in [3.63, 3.8) is 0 Å². The highest BCUT2D eigenvalue weighted by Crippen LogP contribution is 1.85. The van der Waals surface area contributed by atoms with E-state index >= 15 is 0 Å². The number of nitrogens with zero attached hydrogens (tertiary/aromatic N) is 1. The fraction of sp³-hybridized carbons (Fsp3) is 1.00. The summed E-state index contributed by atoms with van der Waals surface area (Å²) in [5.74, 6) is 0. The molecule has 1 fully saturated rings. The summed E-state index contributed by atoms with van der Waals surface area (Å²) in [7, 11) is 1.96. The normalized spacial score (nSPS) is 28.3. The van der Waals surface area contributed by atoms with Gasteiger partial charge in [0.1, 0.15) is 0 Å². The molecule has 1 aliphatic rings. The van der Waals surface area contributed by atoms with Crippen molar-refractivity contribution in [2.75, 3.05) is 33.2 Å². The van der Waals surface area contributed by atoms with E-state index in [0.717, 1.165) is 26.2 Å². The Kier molecular flexibility index (Phi) is 2.97. The van der Waals surface area contributed by atoms with Gasteiger partial charge >= 0.3 is 0 Å². The van der Waals surface area contributed by atoms with Gasteiger partial charge in [0, 0.05) is 32.2 Å². The van der Waals surface area contributed by atoms with Crippen molar-refractivity contribution in [1.82, 2.24) is 16.0 Å². The molecule has 53 valence electrons. The van der Waals surface area contributed by atoms with Crippen LogP contribution in [-0.2, 0) is 0 Å². The van der Waals surface area contributed by atoms with Gasteiger partial charge in [0.25, 0.3) is 0 Å². The molecule has 0 bridgehead atoms. The molecule has 1 aliphatic heterocycles. The molecule has 1 saturated heterocycles. The van der Waals surface area contributed by atoms with E-state index in [2.05, 4.69) is 16.0 Å². The van der Waals surface area contributed by atoms with Crippen LogP contribution in [0, 0.1) is 0 Å². The van der Waals surface area contributed by atoms with Crippen LogP contribution in [-0.4, -0.2) is 39.3 Å². The first-order valence-electron chi connectivity index (χ1n) is 3.45.